The Labute approximate surface area is 219 Å². The zero-order chi connectivity index (χ0) is 28.7. The van der Waals surface area contributed by atoms with Gasteiger partial charge in [0, 0.05) is 42.1 Å². The fourth-order valence-electron chi connectivity index (χ4n) is 4.61. The lowest BCUT2D eigenvalue weighted by molar-refractivity contribution is -0.272. The van der Waals surface area contributed by atoms with Gasteiger partial charge in [0.05, 0.1) is 0 Å². The number of anilines is 2. The number of nitrogens with one attached hydrogen (secondary N) is 2. The standard InChI is InChI=1S/C24H25F4N5O6/c1-10-17(12-3-4-13(25)19-18(12)37-9-38-19)20(39-23(10,2)24(26,27)28)22(36)31-11-7-14(21(30)35)32-15(8-11)33-16(34)5-6-29/h3-4,7-8,10,17,20H,5-6,9,29H2,1-2H3,(H2,30,35)(H2,31,32,33,34,36)/t10-,17-,20+,23+/m0/s1. The van der Waals surface area contributed by atoms with E-state index in [2.05, 4.69) is 15.6 Å². The van der Waals surface area contributed by atoms with Crippen LogP contribution in [-0.2, 0) is 14.3 Å². The van der Waals surface area contributed by atoms with Crippen molar-refractivity contribution in [2.24, 2.45) is 17.4 Å². The number of nitrogens with zero attached hydrogens (tertiary/aromatic N) is 1. The highest BCUT2D eigenvalue weighted by atomic mass is 19.4. The molecule has 0 saturated carbocycles. The molecule has 6 N–H and O–H groups in total. The van der Waals surface area contributed by atoms with Crippen LogP contribution in [0.5, 0.6) is 11.5 Å². The van der Waals surface area contributed by atoms with Crippen molar-refractivity contribution >= 4 is 29.2 Å². The van der Waals surface area contributed by atoms with Crippen molar-refractivity contribution in [3.63, 3.8) is 0 Å². The van der Waals surface area contributed by atoms with Crippen LogP contribution in [0, 0.1) is 11.7 Å². The molecule has 15 heteroatoms. The Balaban J connectivity index is 1.72. The van der Waals surface area contributed by atoms with Crippen molar-refractivity contribution in [3.8, 4) is 11.5 Å². The number of carbonyl (C=O) groups excluding carboxylic acids is 3. The number of fused-ring (bicyclic) bond motifs is 1. The lowest BCUT2D eigenvalue weighted by Crippen LogP contribution is -2.47. The number of benzene rings is 1. The number of amides is 3. The molecule has 0 aliphatic carbocycles. The van der Waals surface area contributed by atoms with Gasteiger partial charge in [0.2, 0.25) is 18.4 Å². The van der Waals surface area contributed by atoms with Gasteiger partial charge in [0.15, 0.2) is 17.2 Å². The number of aromatic nitrogens is 1. The van der Waals surface area contributed by atoms with Crippen LogP contribution in [0.1, 0.15) is 42.2 Å². The van der Waals surface area contributed by atoms with Crippen LogP contribution in [0.4, 0.5) is 29.1 Å². The summed E-state index contributed by atoms with van der Waals surface area (Å²) >= 11 is 0. The Bertz CT molecular complexity index is 1320. The van der Waals surface area contributed by atoms with Gasteiger partial charge >= 0.3 is 6.18 Å². The van der Waals surface area contributed by atoms with Gasteiger partial charge in [-0.15, -0.1) is 0 Å². The average Bonchev–Trinajstić information content (AvgIpc) is 3.44. The molecule has 3 amide bonds. The van der Waals surface area contributed by atoms with Crippen molar-refractivity contribution in [2.75, 3.05) is 24.0 Å². The van der Waals surface area contributed by atoms with Crippen LogP contribution >= 0.6 is 0 Å². The minimum atomic E-state index is -4.88. The number of pyridine rings is 1. The van der Waals surface area contributed by atoms with Crippen LogP contribution < -0.4 is 31.6 Å². The molecule has 0 radical (unpaired) electrons. The predicted molar refractivity (Wildman–Crippen MR) is 127 cm³/mol. The van der Waals surface area contributed by atoms with Crippen molar-refractivity contribution in [2.45, 2.75) is 44.1 Å². The molecule has 1 saturated heterocycles. The first-order valence-corrected chi connectivity index (χ1v) is 11.7. The van der Waals surface area contributed by atoms with Gasteiger partial charge in [-0.25, -0.2) is 9.37 Å². The van der Waals surface area contributed by atoms with Gasteiger partial charge in [-0.1, -0.05) is 13.0 Å². The molecular formula is C24H25F4N5O6. The van der Waals surface area contributed by atoms with E-state index in [0.29, 0.717) is 0 Å². The van der Waals surface area contributed by atoms with E-state index in [1.54, 1.807) is 0 Å². The van der Waals surface area contributed by atoms with Crippen LogP contribution in [0.2, 0.25) is 0 Å². The van der Waals surface area contributed by atoms with Crippen LogP contribution in [-0.4, -0.2) is 53.9 Å². The quantitative estimate of drug-likeness (QED) is 0.378. The third kappa shape index (κ3) is 5.18. The summed E-state index contributed by atoms with van der Waals surface area (Å²) in [5, 5.41) is 4.81. The normalized spacial score (nSPS) is 23.9. The fourth-order valence-corrected chi connectivity index (χ4v) is 4.61. The highest BCUT2D eigenvalue weighted by Crippen LogP contribution is 2.56. The largest absolute Gasteiger partial charge is 0.453 e. The van der Waals surface area contributed by atoms with E-state index in [9.17, 15) is 31.9 Å². The molecule has 2 aliphatic heterocycles. The van der Waals surface area contributed by atoms with E-state index in [1.165, 1.54) is 19.1 Å². The van der Waals surface area contributed by atoms with Crippen molar-refractivity contribution < 1.29 is 46.2 Å². The Morgan fingerprint density at radius 3 is 2.49 bits per heavy atom. The number of ether oxygens (including phenoxy) is 3. The molecule has 11 nitrogen and oxygen atoms in total. The maximum atomic E-state index is 14.2. The number of nitrogens with two attached hydrogens (primary N) is 2. The second-order valence-corrected chi connectivity index (χ2v) is 9.23. The number of carbonyl (C=O) groups is 3. The number of halogens is 4. The summed E-state index contributed by atoms with van der Waals surface area (Å²) in [6.07, 6.45) is -6.69. The second-order valence-electron chi connectivity index (χ2n) is 9.23. The summed E-state index contributed by atoms with van der Waals surface area (Å²) in [5.74, 6) is -6.47. The molecule has 0 bridgehead atoms. The van der Waals surface area contributed by atoms with Gasteiger partial charge in [-0.2, -0.15) is 13.2 Å². The lowest BCUT2D eigenvalue weighted by Gasteiger charge is -2.31. The summed E-state index contributed by atoms with van der Waals surface area (Å²) in [5.41, 5.74) is 7.54. The zero-order valence-corrected chi connectivity index (χ0v) is 20.7. The zero-order valence-electron chi connectivity index (χ0n) is 20.7. The molecule has 39 heavy (non-hydrogen) atoms. The molecular weight excluding hydrogens is 530 g/mol. The smallest absolute Gasteiger partial charge is 0.417 e. The molecule has 3 heterocycles. The van der Waals surface area contributed by atoms with Crippen LogP contribution in [0.3, 0.4) is 0 Å². The third-order valence-corrected chi connectivity index (χ3v) is 6.77. The molecule has 4 rings (SSSR count). The summed E-state index contributed by atoms with van der Waals surface area (Å²) < 4.78 is 72.7. The van der Waals surface area contributed by atoms with E-state index in [0.717, 1.165) is 19.1 Å². The van der Waals surface area contributed by atoms with Gasteiger partial charge in [0.1, 0.15) is 17.6 Å². The highest BCUT2D eigenvalue weighted by Gasteiger charge is 2.66. The fraction of sp³-hybridized carbons (Fsp3) is 0.417. The summed E-state index contributed by atoms with van der Waals surface area (Å²) in [6.45, 7) is 1.76. The second kappa shape index (κ2) is 10.3. The first-order valence-electron chi connectivity index (χ1n) is 11.7. The summed E-state index contributed by atoms with van der Waals surface area (Å²) in [7, 11) is 0. The first kappa shape index (κ1) is 28.0. The monoisotopic (exact) mass is 555 g/mol. The van der Waals surface area contributed by atoms with Crippen LogP contribution in [0.25, 0.3) is 0 Å². The third-order valence-electron chi connectivity index (χ3n) is 6.77. The number of hydrogen-bond donors (Lipinski definition) is 4. The topological polar surface area (TPSA) is 168 Å². The Hall–Kier alpha value is -3.98. The van der Waals surface area contributed by atoms with E-state index in [4.69, 9.17) is 25.7 Å². The molecule has 2 aliphatic rings. The minimum absolute atomic E-state index is 0.0311. The molecule has 4 atom stereocenters. The molecule has 1 fully saturated rings. The van der Waals surface area contributed by atoms with E-state index >= 15 is 0 Å². The Morgan fingerprint density at radius 2 is 1.85 bits per heavy atom. The molecule has 0 spiro atoms. The molecule has 1 aromatic carbocycles. The van der Waals surface area contributed by atoms with Gasteiger partial charge < -0.3 is 36.3 Å². The predicted octanol–water partition coefficient (Wildman–Crippen LogP) is 2.41. The molecule has 0 unspecified atom stereocenters. The number of rotatable bonds is 7. The van der Waals surface area contributed by atoms with Gasteiger partial charge in [-0.05, 0) is 19.1 Å². The number of alkyl halides is 3. The summed E-state index contributed by atoms with van der Waals surface area (Å²) in [4.78, 5) is 41.1. The first-order chi connectivity index (χ1) is 18.3. The minimum Gasteiger partial charge on any atom is -0.453 e. The Morgan fingerprint density at radius 1 is 1.15 bits per heavy atom. The summed E-state index contributed by atoms with van der Waals surface area (Å²) in [6, 6.07) is 4.49. The maximum absolute atomic E-state index is 14.2. The number of hydrogen-bond acceptors (Lipinski definition) is 8. The van der Waals surface area contributed by atoms with E-state index in [-0.39, 0.29) is 54.0 Å². The maximum Gasteiger partial charge on any atom is 0.417 e. The van der Waals surface area contributed by atoms with Gasteiger partial charge in [-0.3, -0.25) is 14.4 Å². The highest BCUT2D eigenvalue weighted by molar-refractivity contribution is 5.99. The number of primary amides is 1. The van der Waals surface area contributed by atoms with Crippen LogP contribution in [0.15, 0.2) is 24.3 Å². The van der Waals surface area contributed by atoms with Crippen molar-refractivity contribution in [1.82, 2.24) is 4.98 Å². The Kier molecular flexibility index (Phi) is 7.40. The van der Waals surface area contributed by atoms with Crippen molar-refractivity contribution in [1.29, 1.82) is 0 Å². The van der Waals surface area contributed by atoms with Crippen molar-refractivity contribution in [3.05, 3.63) is 41.3 Å². The SMILES string of the molecule is C[C@H]1[C@@H](c2ccc(F)c3c2OCO3)[C@H](C(=O)Nc2cc(NC(=O)CCN)nc(C(N)=O)c2)O[C@@]1(C)C(F)(F)F. The molecule has 1 aromatic heterocycles. The molecule has 2 aromatic rings. The van der Waals surface area contributed by atoms with E-state index in [1.807, 2.05) is 0 Å². The van der Waals surface area contributed by atoms with E-state index < -0.39 is 53.3 Å². The lowest BCUT2D eigenvalue weighted by atomic mass is 9.77. The average molecular weight is 555 g/mol. The molecule has 210 valence electrons. The van der Waals surface area contributed by atoms with Gasteiger partial charge in [0.25, 0.3) is 11.8 Å².